The molecule has 30 heavy (non-hydrogen) atoms. The summed E-state index contributed by atoms with van der Waals surface area (Å²) < 4.78 is 19.0. The number of aryl methyl sites for hydroxylation is 1. The standard InChI is InChI=1S/C23H21ClFN3O2/c1-13-17(24)5-3-6-18(13)26-23(29)22-14(2)21-19(7-4-8-20(21)30-22)28-27-16-11-9-15(25)10-12-16/h3,5-6,9-12,27H,4,7-8H2,1-2H3,(H,26,29)/b28-19+. The van der Waals surface area contributed by atoms with Crippen LogP contribution in [0.3, 0.4) is 0 Å². The van der Waals surface area contributed by atoms with Crippen LogP contribution in [0.5, 0.6) is 0 Å². The first-order chi connectivity index (χ1) is 14.4. The molecule has 2 N–H and O–H groups in total. The minimum absolute atomic E-state index is 0.274. The smallest absolute Gasteiger partial charge is 0.291 e. The summed E-state index contributed by atoms with van der Waals surface area (Å²) in [5, 5.41) is 7.98. The van der Waals surface area contributed by atoms with Crippen molar-refractivity contribution in [2.75, 3.05) is 10.7 Å². The van der Waals surface area contributed by atoms with E-state index in [4.69, 9.17) is 16.0 Å². The second kappa shape index (κ2) is 8.32. The van der Waals surface area contributed by atoms with Gasteiger partial charge in [0.1, 0.15) is 11.6 Å². The molecule has 0 saturated carbocycles. The molecule has 1 heterocycles. The van der Waals surface area contributed by atoms with Crippen LogP contribution in [-0.2, 0) is 6.42 Å². The predicted octanol–water partition coefficient (Wildman–Crippen LogP) is 6.09. The number of fused-ring (bicyclic) bond motifs is 1. The Bertz CT molecular complexity index is 1140. The highest BCUT2D eigenvalue weighted by atomic mass is 35.5. The molecular formula is C23H21ClFN3O2. The Kier molecular flexibility index (Phi) is 5.59. The fourth-order valence-corrected chi connectivity index (χ4v) is 3.75. The maximum absolute atomic E-state index is 13.1. The molecule has 1 aromatic heterocycles. The first-order valence-electron chi connectivity index (χ1n) is 9.71. The number of furan rings is 1. The molecule has 4 rings (SSSR count). The molecule has 0 spiro atoms. The number of benzene rings is 2. The number of hydrogen-bond donors (Lipinski definition) is 2. The average Bonchev–Trinajstić information content (AvgIpc) is 3.08. The van der Waals surface area contributed by atoms with Gasteiger partial charge < -0.3 is 9.73 Å². The van der Waals surface area contributed by atoms with E-state index in [0.29, 0.717) is 16.4 Å². The van der Waals surface area contributed by atoms with E-state index in [2.05, 4.69) is 15.8 Å². The lowest BCUT2D eigenvalue weighted by molar-refractivity contribution is 0.0994. The zero-order valence-electron chi connectivity index (χ0n) is 16.7. The van der Waals surface area contributed by atoms with Crippen molar-refractivity contribution in [1.29, 1.82) is 0 Å². The van der Waals surface area contributed by atoms with Gasteiger partial charge in [-0.25, -0.2) is 4.39 Å². The Labute approximate surface area is 178 Å². The molecule has 0 bridgehead atoms. The first kappa shape index (κ1) is 20.2. The topological polar surface area (TPSA) is 66.6 Å². The van der Waals surface area contributed by atoms with Gasteiger partial charge in [-0.3, -0.25) is 10.2 Å². The van der Waals surface area contributed by atoms with Gasteiger partial charge in [-0.15, -0.1) is 0 Å². The van der Waals surface area contributed by atoms with Crippen molar-refractivity contribution < 1.29 is 13.6 Å². The van der Waals surface area contributed by atoms with Gasteiger partial charge in [0.15, 0.2) is 5.76 Å². The van der Waals surface area contributed by atoms with Gasteiger partial charge in [0.05, 0.1) is 11.4 Å². The third-order valence-corrected chi connectivity index (χ3v) is 5.62. The molecular weight excluding hydrogens is 405 g/mol. The summed E-state index contributed by atoms with van der Waals surface area (Å²) >= 11 is 6.15. The van der Waals surface area contributed by atoms with Gasteiger partial charge in [0.25, 0.3) is 5.91 Å². The number of halogens is 2. The van der Waals surface area contributed by atoms with E-state index in [1.54, 1.807) is 30.3 Å². The van der Waals surface area contributed by atoms with Crippen LogP contribution in [-0.4, -0.2) is 11.6 Å². The monoisotopic (exact) mass is 425 g/mol. The molecule has 1 aliphatic rings. The van der Waals surface area contributed by atoms with Crippen LogP contribution in [0.4, 0.5) is 15.8 Å². The van der Waals surface area contributed by atoms with E-state index in [1.165, 1.54) is 12.1 Å². The zero-order chi connectivity index (χ0) is 21.3. The number of anilines is 2. The molecule has 0 atom stereocenters. The van der Waals surface area contributed by atoms with E-state index >= 15 is 0 Å². The zero-order valence-corrected chi connectivity index (χ0v) is 17.4. The molecule has 0 aliphatic heterocycles. The van der Waals surface area contributed by atoms with Gasteiger partial charge in [-0.1, -0.05) is 17.7 Å². The van der Waals surface area contributed by atoms with Crippen molar-refractivity contribution in [3.8, 4) is 0 Å². The van der Waals surface area contributed by atoms with Gasteiger partial charge in [-0.05, 0) is 68.7 Å². The van der Waals surface area contributed by atoms with Crippen LogP contribution >= 0.6 is 11.6 Å². The number of carbonyl (C=O) groups excluding carboxylic acids is 1. The highest BCUT2D eigenvalue weighted by molar-refractivity contribution is 6.31. The summed E-state index contributed by atoms with van der Waals surface area (Å²) in [5.41, 5.74) is 7.53. The van der Waals surface area contributed by atoms with Crippen LogP contribution in [0, 0.1) is 19.7 Å². The van der Waals surface area contributed by atoms with Crippen molar-refractivity contribution in [2.45, 2.75) is 33.1 Å². The lowest BCUT2D eigenvalue weighted by atomic mass is 9.93. The van der Waals surface area contributed by atoms with Gasteiger partial charge >= 0.3 is 0 Å². The van der Waals surface area contributed by atoms with Crippen molar-refractivity contribution in [2.24, 2.45) is 5.10 Å². The molecule has 2 aromatic carbocycles. The van der Waals surface area contributed by atoms with E-state index in [-0.39, 0.29) is 17.5 Å². The Balaban J connectivity index is 1.60. The average molecular weight is 426 g/mol. The fraction of sp³-hybridized carbons (Fsp3) is 0.217. The van der Waals surface area contributed by atoms with Gasteiger partial charge in [-0.2, -0.15) is 5.10 Å². The molecule has 1 aliphatic carbocycles. The second-order valence-electron chi connectivity index (χ2n) is 7.25. The van der Waals surface area contributed by atoms with Crippen LogP contribution in [0.1, 0.15) is 45.8 Å². The summed E-state index contributed by atoms with van der Waals surface area (Å²) in [6.07, 6.45) is 2.38. The minimum atomic E-state index is -0.321. The number of amides is 1. The summed E-state index contributed by atoms with van der Waals surface area (Å²) in [4.78, 5) is 12.9. The van der Waals surface area contributed by atoms with Crippen molar-refractivity contribution in [1.82, 2.24) is 0 Å². The van der Waals surface area contributed by atoms with Crippen LogP contribution < -0.4 is 10.7 Å². The highest BCUT2D eigenvalue weighted by Crippen LogP contribution is 2.31. The Hall–Kier alpha value is -3.12. The molecule has 0 fully saturated rings. The predicted molar refractivity (Wildman–Crippen MR) is 117 cm³/mol. The number of nitrogens with one attached hydrogen (secondary N) is 2. The van der Waals surface area contributed by atoms with Crippen molar-refractivity contribution >= 4 is 34.6 Å². The summed E-state index contributed by atoms with van der Waals surface area (Å²) in [6, 6.07) is 11.4. The second-order valence-corrected chi connectivity index (χ2v) is 7.66. The lowest BCUT2D eigenvalue weighted by Gasteiger charge is -2.13. The number of carbonyl (C=O) groups is 1. The summed E-state index contributed by atoms with van der Waals surface area (Å²) in [7, 11) is 0. The molecule has 3 aromatic rings. The van der Waals surface area contributed by atoms with E-state index in [9.17, 15) is 9.18 Å². The summed E-state index contributed by atoms with van der Waals surface area (Å²) in [5.74, 6) is 0.407. The van der Waals surface area contributed by atoms with E-state index in [1.807, 2.05) is 13.8 Å². The van der Waals surface area contributed by atoms with Crippen LogP contribution in [0.15, 0.2) is 52.0 Å². The number of hydrogen-bond acceptors (Lipinski definition) is 4. The van der Waals surface area contributed by atoms with E-state index in [0.717, 1.165) is 47.4 Å². The Morgan fingerprint density at radius 3 is 2.63 bits per heavy atom. The maximum Gasteiger partial charge on any atom is 0.291 e. The number of rotatable bonds is 4. The molecule has 5 nitrogen and oxygen atoms in total. The Morgan fingerprint density at radius 2 is 1.87 bits per heavy atom. The molecule has 0 radical (unpaired) electrons. The fourth-order valence-electron chi connectivity index (χ4n) is 3.58. The quantitative estimate of drug-likeness (QED) is 0.497. The summed E-state index contributed by atoms with van der Waals surface area (Å²) in [6.45, 7) is 3.71. The molecule has 154 valence electrons. The third-order valence-electron chi connectivity index (χ3n) is 5.21. The first-order valence-corrected chi connectivity index (χ1v) is 10.1. The van der Waals surface area contributed by atoms with Crippen molar-refractivity contribution in [3.63, 3.8) is 0 Å². The van der Waals surface area contributed by atoms with Gasteiger partial charge in [0.2, 0.25) is 0 Å². The largest absolute Gasteiger partial charge is 0.455 e. The normalized spacial score (nSPS) is 14.5. The number of nitrogens with zero attached hydrogens (tertiary/aromatic N) is 1. The highest BCUT2D eigenvalue weighted by Gasteiger charge is 2.28. The molecule has 0 unspecified atom stereocenters. The van der Waals surface area contributed by atoms with Crippen LogP contribution in [0.2, 0.25) is 5.02 Å². The molecule has 0 saturated heterocycles. The SMILES string of the molecule is Cc1c(Cl)cccc1NC(=O)c1oc2c(c1C)/C(=N/Nc1ccc(F)cc1)CCC2. The lowest BCUT2D eigenvalue weighted by Crippen LogP contribution is -2.15. The third kappa shape index (κ3) is 3.96. The van der Waals surface area contributed by atoms with Crippen LogP contribution in [0.25, 0.3) is 0 Å². The van der Waals surface area contributed by atoms with E-state index < -0.39 is 0 Å². The minimum Gasteiger partial charge on any atom is -0.455 e. The van der Waals surface area contributed by atoms with Gasteiger partial charge in [0, 0.05) is 28.3 Å². The van der Waals surface area contributed by atoms with Crippen molar-refractivity contribution in [3.05, 3.63) is 81.5 Å². The maximum atomic E-state index is 13.1. The molecule has 1 amide bonds. The molecule has 7 heteroatoms. The Morgan fingerprint density at radius 1 is 1.10 bits per heavy atom. The number of hydrazone groups is 1.